The average molecular weight is 199 g/mol. The zero-order valence-electron chi connectivity index (χ0n) is 8.71. The summed E-state index contributed by atoms with van der Waals surface area (Å²) in [5.74, 6) is -0.532. The summed E-state index contributed by atoms with van der Waals surface area (Å²) in [6, 6.07) is 0.144. The molecule has 80 valence electrons. The molecule has 1 saturated heterocycles. The number of carbonyl (C=O) groups is 2. The van der Waals surface area contributed by atoms with E-state index in [-0.39, 0.29) is 12.5 Å². The standard InChI is InChI=1S/C10H17NO3/c1-7-3-4-11-8(5-7)6-9(12)10(13)14-2/h7-8,11H,3-6H2,1-2H3. The van der Waals surface area contributed by atoms with Crippen molar-refractivity contribution in [3.05, 3.63) is 0 Å². The Labute approximate surface area is 84.0 Å². The number of ether oxygens (including phenoxy) is 1. The van der Waals surface area contributed by atoms with Crippen LogP contribution in [0.3, 0.4) is 0 Å². The number of carbonyl (C=O) groups excluding carboxylic acids is 2. The third-order valence-electron chi connectivity index (χ3n) is 2.60. The molecule has 4 nitrogen and oxygen atoms in total. The summed E-state index contributed by atoms with van der Waals surface area (Å²) in [6.45, 7) is 3.09. The van der Waals surface area contributed by atoms with Gasteiger partial charge in [0.15, 0.2) is 0 Å². The lowest BCUT2D eigenvalue weighted by molar-refractivity contribution is -0.151. The van der Waals surface area contributed by atoms with E-state index in [4.69, 9.17) is 0 Å². The SMILES string of the molecule is COC(=O)C(=O)CC1CC(C)CCN1. The fraction of sp³-hybridized carbons (Fsp3) is 0.800. The number of nitrogens with one attached hydrogen (secondary N) is 1. The van der Waals surface area contributed by atoms with Gasteiger partial charge in [0, 0.05) is 12.5 Å². The molecule has 2 atom stereocenters. The molecule has 1 fully saturated rings. The molecule has 0 bridgehead atoms. The second-order valence-electron chi connectivity index (χ2n) is 3.90. The molecule has 0 aromatic heterocycles. The topological polar surface area (TPSA) is 55.4 Å². The van der Waals surface area contributed by atoms with E-state index in [1.807, 2.05) is 0 Å². The van der Waals surface area contributed by atoms with Gasteiger partial charge in [0.1, 0.15) is 0 Å². The first-order valence-electron chi connectivity index (χ1n) is 4.98. The molecule has 1 heterocycles. The van der Waals surface area contributed by atoms with E-state index >= 15 is 0 Å². The van der Waals surface area contributed by atoms with Gasteiger partial charge in [-0.05, 0) is 25.3 Å². The predicted octanol–water partition coefficient (Wildman–Crippen LogP) is 0.507. The van der Waals surface area contributed by atoms with Crippen molar-refractivity contribution in [3.63, 3.8) is 0 Å². The van der Waals surface area contributed by atoms with Crippen LogP contribution in [0.15, 0.2) is 0 Å². The van der Waals surface area contributed by atoms with Crippen LogP contribution in [0, 0.1) is 5.92 Å². The van der Waals surface area contributed by atoms with Gasteiger partial charge in [0.25, 0.3) is 0 Å². The van der Waals surface area contributed by atoms with Crippen molar-refractivity contribution in [1.82, 2.24) is 5.32 Å². The number of hydrogen-bond acceptors (Lipinski definition) is 4. The van der Waals surface area contributed by atoms with Crippen LogP contribution in [-0.4, -0.2) is 31.4 Å². The highest BCUT2D eigenvalue weighted by Gasteiger charge is 2.24. The summed E-state index contributed by atoms with van der Waals surface area (Å²) < 4.78 is 4.36. The predicted molar refractivity (Wildman–Crippen MR) is 51.8 cm³/mol. The molecule has 1 rings (SSSR count). The second kappa shape index (κ2) is 5.10. The maximum absolute atomic E-state index is 11.2. The fourth-order valence-corrected chi connectivity index (χ4v) is 1.80. The first-order chi connectivity index (χ1) is 6.63. The maximum atomic E-state index is 11.2. The molecular formula is C10H17NO3. The van der Waals surface area contributed by atoms with E-state index in [1.165, 1.54) is 7.11 Å². The Morgan fingerprint density at radius 2 is 2.21 bits per heavy atom. The summed E-state index contributed by atoms with van der Waals surface area (Å²) in [4.78, 5) is 22.1. The average Bonchev–Trinajstić information content (AvgIpc) is 2.16. The lowest BCUT2D eigenvalue weighted by Crippen LogP contribution is -2.39. The summed E-state index contributed by atoms with van der Waals surface area (Å²) >= 11 is 0. The number of piperidine rings is 1. The number of esters is 1. The Hall–Kier alpha value is -0.900. The molecule has 1 aliphatic heterocycles. The monoisotopic (exact) mass is 199 g/mol. The zero-order valence-corrected chi connectivity index (χ0v) is 8.71. The lowest BCUT2D eigenvalue weighted by Gasteiger charge is -2.27. The van der Waals surface area contributed by atoms with Gasteiger partial charge in [-0.15, -0.1) is 0 Å². The first kappa shape index (κ1) is 11.2. The normalized spacial score (nSPS) is 27.0. The van der Waals surface area contributed by atoms with Crippen molar-refractivity contribution in [2.75, 3.05) is 13.7 Å². The Morgan fingerprint density at radius 1 is 1.50 bits per heavy atom. The van der Waals surface area contributed by atoms with Crippen molar-refractivity contribution in [2.24, 2.45) is 5.92 Å². The van der Waals surface area contributed by atoms with Gasteiger partial charge in [-0.3, -0.25) is 4.79 Å². The van der Waals surface area contributed by atoms with E-state index in [0.717, 1.165) is 19.4 Å². The highest BCUT2D eigenvalue weighted by Crippen LogP contribution is 2.17. The van der Waals surface area contributed by atoms with E-state index in [9.17, 15) is 9.59 Å². The number of rotatable bonds is 3. The Kier molecular flexibility index (Phi) is 4.07. The first-order valence-corrected chi connectivity index (χ1v) is 4.98. The quantitative estimate of drug-likeness (QED) is 0.531. The van der Waals surface area contributed by atoms with E-state index < -0.39 is 11.8 Å². The Bertz CT molecular complexity index is 227. The Morgan fingerprint density at radius 3 is 2.79 bits per heavy atom. The van der Waals surface area contributed by atoms with Crippen molar-refractivity contribution >= 4 is 11.8 Å². The summed E-state index contributed by atoms with van der Waals surface area (Å²) in [5, 5.41) is 3.23. The van der Waals surface area contributed by atoms with Crippen molar-refractivity contribution < 1.29 is 14.3 Å². The highest BCUT2D eigenvalue weighted by molar-refractivity contribution is 6.33. The molecular weight excluding hydrogens is 182 g/mol. The molecule has 0 spiro atoms. The fourth-order valence-electron chi connectivity index (χ4n) is 1.80. The molecule has 0 aromatic rings. The van der Waals surface area contributed by atoms with Crippen molar-refractivity contribution in [1.29, 1.82) is 0 Å². The lowest BCUT2D eigenvalue weighted by atomic mass is 9.91. The van der Waals surface area contributed by atoms with Gasteiger partial charge in [-0.2, -0.15) is 0 Å². The van der Waals surface area contributed by atoms with Gasteiger partial charge in [-0.25, -0.2) is 4.79 Å². The molecule has 0 radical (unpaired) electrons. The smallest absolute Gasteiger partial charge is 0.374 e. The zero-order chi connectivity index (χ0) is 10.6. The van der Waals surface area contributed by atoms with Crippen LogP contribution >= 0.6 is 0 Å². The van der Waals surface area contributed by atoms with Crippen LogP contribution in [0.1, 0.15) is 26.2 Å². The molecule has 0 saturated carbocycles. The number of ketones is 1. The highest BCUT2D eigenvalue weighted by atomic mass is 16.5. The molecule has 0 aromatic carbocycles. The summed E-state index contributed by atoms with van der Waals surface area (Å²) in [6.07, 6.45) is 2.36. The number of hydrogen-bond donors (Lipinski definition) is 1. The molecule has 4 heteroatoms. The van der Waals surface area contributed by atoms with Crippen LogP contribution in [-0.2, 0) is 14.3 Å². The molecule has 0 amide bonds. The molecule has 1 N–H and O–H groups in total. The van der Waals surface area contributed by atoms with Gasteiger partial charge >= 0.3 is 5.97 Å². The van der Waals surface area contributed by atoms with Gasteiger partial charge in [-0.1, -0.05) is 6.92 Å². The van der Waals surface area contributed by atoms with E-state index in [2.05, 4.69) is 17.0 Å². The van der Waals surface area contributed by atoms with Crippen LogP contribution in [0.2, 0.25) is 0 Å². The maximum Gasteiger partial charge on any atom is 0.374 e. The van der Waals surface area contributed by atoms with Crippen LogP contribution in [0.4, 0.5) is 0 Å². The second-order valence-corrected chi connectivity index (χ2v) is 3.90. The van der Waals surface area contributed by atoms with Gasteiger partial charge < -0.3 is 10.1 Å². The van der Waals surface area contributed by atoms with Crippen LogP contribution in [0.25, 0.3) is 0 Å². The van der Waals surface area contributed by atoms with Gasteiger partial charge in [0.05, 0.1) is 7.11 Å². The summed E-state index contributed by atoms with van der Waals surface area (Å²) in [7, 11) is 1.23. The minimum atomic E-state index is -0.731. The third kappa shape index (κ3) is 3.10. The molecule has 1 aliphatic rings. The minimum Gasteiger partial charge on any atom is -0.463 e. The number of Topliss-reactive ketones (excluding diaryl/α,β-unsaturated/α-hetero) is 1. The molecule has 2 unspecified atom stereocenters. The minimum absolute atomic E-state index is 0.144. The third-order valence-corrected chi connectivity index (χ3v) is 2.60. The largest absolute Gasteiger partial charge is 0.463 e. The van der Waals surface area contributed by atoms with Gasteiger partial charge in [0.2, 0.25) is 5.78 Å². The molecule has 14 heavy (non-hydrogen) atoms. The van der Waals surface area contributed by atoms with Crippen molar-refractivity contribution in [3.8, 4) is 0 Å². The van der Waals surface area contributed by atoms with Crippen LogP contribution < -0.4 is 5.32 Å². The molecule has 0 aliphatic carbocycles. The Balaban J connectivity index is 2.36. The van der Waals surface area contributed by atoms with E-state index in [1.54, 1.807) is 0 Å². The van der Waals surface area contributed by atoms with Crippen molar-refractivity contribution in [2.45, 2.75) is 32.2 Å². The summed E-state index contributed by atoms with van der Waals surface area (Å²) in [5.41, 5.74) is 0. The van der Waals surface area contributed by atoms with Crippen LogP contribution in [0.5, 0.6) is 0 Å². The van der Waals surface area contributed by atoms with E-state index in [0.29, 0.717) is 5.92 Å². The number of methoxy groups -OCH3 is 1.